The lowest BCUT2D eigenvalue weighted by atomic mass is 10.2. The van der Waals surface area contributed by atoms with Gasteiger partial charge in [-0.1, -0.05) is 6.07 Å². The average Bonchev–Trinajstić information content (AvgIpc) is 2.55. The maximum atomic E-state index is 12.1. The molecule has 2 rings (SSSR count). The molecule has 5 nitrogen and oxygen atoms in total. The van der Waals surface area contributed by atoms with Crippen LogP contribution in [-0.4, -0.2) is 26.7 Å². The summed E-state index contributed by atoms with van der Waals surface area (Å²) < 4.78 is 11.3. The van der Waals surface area contributed by atoms with Crippen molar-refractivity contribution in [1.82, 2.24) is 0 Å². The van der Waals surface area contributed by atoms with Crippen LogP contribution in [0.2, 0.25) is 0 Å². The van der Waals surface area contributed by atoms with E-state index < -0.39 is 0 Å². The Labute approximate surface area is 144 Å². The summed E-state index contributed by atoms with van der Waals surface area (Å²) in [5.74, 6) is 1.18. The quantitative estimate of drug-likeness (QED) is 0.801. The monoisotopic (exact) mass is 378 g/mol. The minimum Gasteiger partial charge on any atom is -0.497 e. The van der Waals surface area contributed by atoms with Crippen molar-refractivity contribution in [2.45, 2.75) is 6.92 Å². The Balaban J connectivity index is 2.01. The minimum atomic E-state index is -0.153. The molecule has 0 heterocycles. The lowest BCUT2D eigenvalue weighted by Crippen LogP contribution is -2.22. The van der Waals surface area contributed by atoms with Gasteiger partial charge < -0.3 is 20.1 Å². The van der Waals surface area contributed by atoms with Crippen LogP contribution in [-0.2, 0) is 4.79 Å². The summed E-state index contributed by atoms with van der Waals surface area (Å²) in [6.45, 7) is 2.11. The Morgan fingerprint density at radius 3 is 2.52 bits per heavy atom. The molecule has 0 saturated heterocycles. The first-order valence-corrected chi connectivity index (χ1v) is 7.84. The number of anilines is 2. The van der Waals surface area contributed by atoms with E-state index in [0.717, 1.165) is 15.7 Å². The van der Waals surface area contributed by atoms with Gasteiger partial charge in [-0.15, -0.1) is 0 Å². The maximum absolute atomic E-state index is 12.1. The van der Waals surface area contributed by atoms with E-state index in [2.05, 4.69) is 26.6 Å². The second-order valence-electron chi connectivity index (χ2n) is 4.95. The van der Waals surface area contributed by atoms with Crippen molar-refractivity contribution in [2.75, 3.05) is 31.4 Å². The third-order valence-electron chi connectivity index (χ3n) is 3.24. The van der Waals surface area contributed by atoms with Crippen LogP contribution in [0.5, 0.6) is 11.5 Å². The predicted octanol–water partition coefficient (Wildman–Crippen LogP) is 3.83. The fraction of sp³-hybridized carbons (Fsp3) is 0.235. The number of aryl methyl sites for hydroxylation is 1. The van der Waals surface area contributed by atoms with Crippen molar-refractivity contribution in [2.24, 2.45) is 0 Å². The summed E-state index contributed by atoms with van der Waals surface area (Å²) >= 11 is 3.44. The minimum absolute atomic E-state index is 0.115. The SMILES string of the molecule is COc1ccc(OC)c(NCC(=O)Nc2ccc(C)cc2Br)c1. The fourth-order valence-electron chi connectivity index (χ4n) is 2.04. The Bertz CT molecular complexity index is 704. The number of rotatable bonds is 6. The van der Waals surface area contributed by atoms with E-state index in [4.69, 9.17) is 9.47 Å². The van der Waals surface area contributed by atoms with Crippen LogP contribution in [0.3, 0.4) is 0 Å². The van der Waals surface area contributed by atoms with E-state index >= 15 is 0 Å². The molecule has 2 N–H and O–H groups in total. The zero-order valence-corrected chi connectivity index (χ0v) is 14.9. The van der Waals surface area contributed by atoms with Crippen LogP contribution in [0.1, 0.15) is 5.56 Å². The highest BCUT2D eigenvalue weighted by Gasteiger charge is 2.09. The van der Waals surface area contributed by atoms with Gasteiger partial charge >= 0.3 is 0 Å². The van der Waals surface area contributed by atoms with Crippen LogP contribution < -0.4 is 20.1 Å². The number of benzene rings is 2. The fourth-order valence-corrected chi connectivity index (χ4v) is 2.64. The zero-order chi connectivity index (χ0) is 16.8. The normalized spacial score (nSPS) is 10.1. The first-order valence-electron chi connectivity index (χ1n) is 7.05. The van der Waals surface area contributed by atoms with Gasteiger partial charge in [-0.25, -0.2) is 0 Å². The van der Waals surface area contributed by atoms with Crippen molar-refractivity contribution in [3.8, 4) is 11.5 Å². The molecule has 0 aliphatic carbocycles. The topological polar surface area (TPSA) is 59.6 Å². The Morgan fingerprint density at radius 2 is 1.87 bits per heavy atom. The van der Waals surface area contributed by atoms with E-state index in [1.165, 1.54) is 0 Å². The molecule has 23 heavy (non-hydrogen) atoms. The summed E-state index contributed by atoms with van der Waals surface area (Å²) in [6.07, 6.45) is 0. The molecule has 6 heteroatoms. The Kier molecular flexibility index (Phi) is 5.87. The number of nitrogens with one attached hydrogen (secondary N) is 2. The van der Waals surface area contributed by atoms with Crippen LogP contribution in [0.15, 0.2) is 40.9 Å². The average molecular weight is 379 g/mol. The number of ether oxygens (including phenoxy) is 2. The first-order chi connectivity index (χ1) is 11.0. The van der Waals surface area contributed by atoms with Crippen LogP contribution >= 0.6 is 15.9 Å². The van der Waals surface area contributed by atoms with E-state index in [1.54, 1.807) is 32.4 Å². The number of hydrogen-bond acceptors (Lipinski definition) is 4. The molecule has 1 amide bonds. The van der Waals surface area contributed by atoms with Crippen molar-refractivity contribution in [3.05, 3.63) is 46.4 Å². The van der Waals surface area contributed by atoms with E-state index in [-0.39, 0.29) is 12.5 Å². The molecule has 122 valence electrons. The molecular weight excluding hydrogens is 360 g/mol. The first kappa shape index (κ1) is 17.1. The van der Waals surface area contributed by atoms with Gasteiger partial charge in [0.15, 0.2) is 0 Å². The van der Waals surface area contributed by atoms with Gasteiger partial charge in [0.2, 0.25) is 5.91 Å². The Hall–Kier alpha value is -2.21. The molecule has 0 aromatic heterocycles. The summed E-state index contributed by atoms with van der Waals surface area (Å²) in [5.41, 5.74) is 2.55. The van der Waals surface area contributed by atoms with Crippen molar-refractivity contribution < 1.29 is 14.3 Å². The number of amides is 1. The molecular formula is C17H19BrN2O3. The summed E-state index contributed by atoms with van der Waals surface area (Å²) in [6, 6.07) is 11.1. The summed E-state index contributed by atoms with van der Waals surface area (Å²) in [5, 5.41) is 5.91. The van der Waals surface area contributed by atoms with E-state index in [1.807, 2.05) is 25.1 Å². The molecule has 0 unspecified atom stereocenters. The molecule has 0 aliphatic rings. The van der Waals surface area contributed by atoms with Crippen LogP contribution in [0.4, 0.5) is 11.4 Å². The van der Waals surface area contributed by atoms with Crippen LogP contribution in [0.25, 0.3) is 0 Å². The van der Waals surface area contributed by atoms with Gasteiger partial charge in [-0.3, -0.25) is 4.79 Å². The van der Waals surface area contributed by atoms with Gasteiger partial charge in [0, 0.05) is 10.5 Å². The summed E-state index contributed by atoms with van der Waals surface area (Å²) in [4.78, 5) is 12.1. The third kappa shape index (κ3) is 4.63. The predicted molar refractivity (Wildman–Crippen MR) is 95.5 cm³/mol. The Morgan fingerprint density at radius 1 is 1.09 bits per heavy atom. The van der Waals surface area contributed by atoms with Crippen molar-refractivity contribution in [3.63, 3.8) is 0 Å². The van der Waals surface area contributed by atoms with Gasteiger partial charge in [-0.2, -0.15) is 0 Å². The molecule has 0 atom stereocenters. The number of methoxy groups -OCH3 is 2. The molecule has 0 radical (unpaired) electrons. The smallest absolute Gasteiger partial charge is 0.243 e. The lowest BCUT2D eigenvalue weighted by Gasteiger charge is -2.13. The maximum Gasteiger partial charge on any atom is 0.243 e. The highest BCUT2D eigenvalue weighted by atomic mass is 79.9. The van der Waals surface area contributed by atoms with Crippen LogP contribution in [0, 0.1) is 6.92 Å². The lowest BCUT2D eigenvalue weighted by molar-refractivity contribution is -0.114. The van der Waals surface area contributed by atoms with Gasteiger partial charge in [0.25, 0.3) is 0 Å². The zero-order valence-electron chi connectivity index (χ0n) is 13.3. The number of halogens is 1. The molecule has 0 fully saturated rings. The molecule has 0 saturated carbocycles. The van der Waals surface area contributed by atoms with Crippen molar-refractivity contribution >= 4 is 33.2 Å². The van der Waals surface area contributed by atoms with E-state index in [0.29, 0.717) is 17.2 Å². The highest BCUT2D eigenvalue weighted by molar-refractivity contribution is 9.10. The molecule has 2 aromatic carbocycles. The number of hydrogen-bond donors (Lipinski definition) is 2. The number of carbonyl (C=O) groups excluding carboxylic acids is 1. The second-order valence-corrected chi connectivity index (χ2v) is 5.81. The van der Waals surface area contributed by atoms with Crippen molar-refractivity contribution in [1.29, 1.82) is 0 Å². The summed E-state index contributed by atoms with van der Waals surface area (Å²) in [7, 11) is 3.17. The standard InChI is InChI=1S/C17H19BrN2O3/c1-11-4-6-14(13(18)8-11)20-17(21)10-19-15-9-12(22-2)5-7-16(15)23-3/h4-9,19H,10H2,1-3H3,(H,20,21). The molecule has 0 spiro atoms. The number of carbonyl (C=O) groups is 1. The van der Waals surface area contributed by atoms with Gasteiger partial charge in [0.05, 0.1) is 32.1 Å². The molecule has 2 aromatic rings. The third-order valence-corrected chi connectivity index (χ3v) is 3.90. The van der Waals surface area contributed by atoms with Gasteiger partial charge in [0.1, 0.15) is 11.5 Å². The van der Waals surface area contributed by atoms with Gasteiger partial charge in [-0.05, 0) is 52.7 Å². The highest BCUT2D eigenvalue weighted by Crippen LogP contribution is 2.29. The van der Waals surface area contributed by atoms with E-state index in [9.17, 15) is 4.79 Å². The molecule has 0 bridgehead atoms. The molecule has 0 aliphatic heterocycles. The second kappa shape index (κ2) is 7.87. The largest absolute Gasteiger partial charge is 0.497 e.